The minimum atomic E-state index is -0.611. The van der Waals surface area contributed by atoms with Crippen LogP contribution in [0.25, 0.3) is 0 Å². The van der Waals surface area contributed by atoms with Crippen molar-refractivity contribution >= 4 is 17.4 Å². The number of nitrogens with one attached hydrogen (secondary N) is 2. The Bertz CT molecular complexity index is 815. The molecule has 2 N–H and O–H groups in total. The Hall–Kier alpha value is -2.66. The number of ketones is 1. The molecule has 0 radical (unpaired) electrons. The molecule has 5 nitrogen and oxygen atoms in total. The molecule has 0 aromatic heterocycles. The number of amides is 1. The number of rotatable bonds is 7. The maximum absolute atomic E-state index is 12.6. The van der Waals surface area contributed by atoms with E-state index in [1.165, 1.54) is 5.56 Å². The highest BCUT2D eigenvalue weighted by Gasteiger charge is 2.18. The number of hydrogen-bond donors (Lipinski definition) is 2. The predicted octanol–water partition coefficient (Wildman–Crippen LogP) is 3.26. The van der Waals surface area contributed by atoms with Crippen LogP contribution < -0.4 is 15.4 Å². The third-order valence-electron chi connectivity index (χ3n) is 4.77. The SMILES string of the molecule is CC(=O)CCc1ccc(OC(C)C(=O)Nc2cccc3c2CNCC3)cc1. The summed E-state index contributed by atoms with van der Waals surface area (Å²) in [5.74, 6) is 0.648. The van der Waals surface area contributed by atoms with E-state index < -0.39 is 6.10 Å². The molecule has 1 heterocycles. The molecule has 0 aliphatic carbocycles. The van der Waals surface area contributed by atoms with E-state index in [0.717, 1.165) is 42.7 Å². The zero-order valence-electron chi connectivity index (χ0n) is 15.9. The standard InChI is InChI=1S/C22H26N2O3/c1-15(25)6-7-17-8-10-19(11-9-17)27-16(2)22(26)24-21-5-3-4-18-12-13-23-14-20(18)21/h3-5,8-11,16,23H,6-7,12-14H2,1-2H3,(H,24,26). The predicted molar refractivity (Wildman–Crippen MR) is 106 cm³/mol. The molecule has 1 unspecified atom stereocenters. The summed E-state index contributed by atoms with van der Waals surface area (Å²) in [6.07, 6.45) is 1.62. The van der Waals surface area contributed by atoms with E-state index in [1.807, 2.05) is 36.4 Å². The first-order valence-corrected chi connectivity index (χ1v) is 9.40. The van der Waals surface area contributed by atoms with Crippen molar-refractivity contribution in [2.75, 3.05) is 11.9 Å². The van der Waals surface area contributed by atoms with Gasteiger partial charge < -0.3 is 20.2 Å². The van der Waals surface area contributed by atoms with Gasteiger partial charge in [0, 0.05) is 18.7 Å². The first kappa shape index (κ1) is 19.1. The van der Waals surface area contributed by atoms with Crippen LogP contribution in [0.1, 0.15) is 37.0 Å². The lowest BCUT2D eigenvalue weighted by Crippen LogP contribution is -2.32. The van der Waals surface area contributed by atoms with Crippen molar-refractivity contribution < 1.29 is 14.3 Å². The molecule has 27 heavy (non-hydrogen) atoms. The summed E-state index contributed by atoms with van der Waals surface area (Å²) in [6, 6.07) is 13.6. The monoisotopic (exact) mass is 366 g/mol. The van der Waals surface area contributed by atoms with Crippen molar-refractivity contribution in [3.63, 3.8) is 0 Å². The summed E-state index contributed by atoms with van der Waals surface area (Å²) >= 11 is 0. The van der Waals surface area contributed by atoms with Crippen LogP contribution in [0.2, 0.25) is 0 Å². The highest BCUT2D eigenvalue weighted by molar-refractivity contribution is 5.95. The van der Waals surface area contributed by atoms with Crippen molar-refractivity contribution in [2.45, 2.75) is 45.8 Å². The minimum absolute atomic E-state index is 0.172. The van der Waals surface area contributed by atoms with Gasteiger partial charge in [-0.1, -0.05) is 24.3 Å². The Morgan fingerprint density at radius 2 is 1.96 bits per heavy atom. The second kappa shape index (κ2) is 8.82. The molecule has 0 bridgehead atoms. The number of Topliss-reactive ketones (excluding diaryl/α,β-unsaturated/α-hetero) is 1. The van der Waals surface area contributed by atoms with Gasteiger partial charge in [-0.25, -0.2) is 0 Å². The van der Waals surface area contributed by atoms with Gasteiger partial charge in [-0.05, 0) is 68.1 Å². The molecule has 2 aromatic carbocycles. The van der Waals surface area contributed by atoms with Crippen LogP contribution in [0.5, 0.6) is 5.75 Å². The molecular formula is C22H26N2O3. The number of aryl methyl sites for hydroxylation is 1. The van der Waals surface area contributed by atoms with Gasteiger partial charge in [0.25, 0.3) is 5.91 Å². The van der Waals surface area contributed by atoms with E-state index in [-0.39, 0.29) is 11.7 Å². The molecule has 1 aliphatic rings. The number of carbonyl (C=O) groups is 2. The van der Waals surface area contributed by atoms with E-state index in [2.05, 4.69) is 16.7 Å². The normalized spacial score (nSPS) is 14.1. The molecule has 1 atom stereocenters. The lowest BCUT2D eigenvalue weighted by molar-refractivity contribution is -0.122. The number of hydrogen-bond acceptors (Lipinski definition) is 4. The van der Waals surface area contributed by atoms with Crippen LogP contribution >= 0.6 is 0 Å². The van der Waals surface area contributed by atoms with Gasteiger partial charge in [0.15, 0.2) is 6.10 Å². The van der Waals surface area contributed by atoms with E-state index in [1.54, 1.807) is 13.8 Å². The Morgan fingerprint density at radius 3 is 2.70 bits per heavy atom. The lowest BCUT2D eigenvalue weighted by atomic mass is 9.99. The van der Waals surface area contributed by atoms with Crippen LogP contribution in [0, 0.1) is 0 Å². The summed E-state index contributed by atoms with van der Waals surface area (Å²) in [4.78, 5) is 23.6. The van der Waals surface area contributed by atoms with Gasteiger partial charge in [0.2, 0.25) is 0 Å². The summed E-state index contributed by atoms with van der Waals surface area (Å²) < 4.78 is 5.78. The smallest absolute Gasteiger partial charge is 0.265 e. The summed E-state index contributed by atoms with van der Waals surface area (Å²) in [5.41, 5.74) is 4.36. The molecule has 0 saturated carbocycles. The first-order chi connectivity index (χ1) is 13.0. The molecule has 0 fully saturated rings. The van der Waals surface area contributed by atoms with Gasteiger partial charge in [-0.2, -0.15) is 0 Å². The zero-order valence-corrected chi connectivity index (χ0v) is 15.9. The minimum Gasteiger partial charge on any atom is -0.481 e. The third-order valence-corrected chi connectivity index (χ3v) is 4.77. The van der Waals surface area contributed by atoms with Crippen LogP contribution in [-0.2, 0) is 29.0 Å². The van der Waals surface area contributed by atoms with Crippen molar-refractivity contribution in [3.8, 4) is 5.75 Å². The topological polar surface area (TPSA) is 67.4 Å². The molecule has 1 amide bonds. The van der Waals surface area contributed by atoms with Gasteiger partial charge in [0.1, 0.15) is 11.5 Å². The van der Waals surface area contributed by atoms with Gasteiger partial charge in [0.05, 0.1) is 0 Å². The van der Waals surface area contributed by atoms with E-state index in [9.17, 15) is 9.59 Å². The summed E-state index contributed by atoms with van der Waals surface area (Å²) in [7, 11) is 0. The van der Waals surface area contributed by atoms with Crippen LogP contribution in [-0.4, -0.2) is 24.3 Å². The van der Waals surface area contributed by atoms with Crippen LogP contribution in [0.4, 0.5) is 5.69 Å². The van der Waals surface area contributed by atoms with Gasteiger partial charge >= 0.3 is 0 Å². The first-order valence-electron chi connectivity index (χ1n) is 9.40. The molecular weight excluding hydrogens is 340 g/mol. The Kier molecular flexibility index (Phi) is 6.24. The molecule has 2 aromatic rings. The largest absolute Gasteiger partial charge is 0.481 e. The molecule has 142 valence electrons. The summed E-state index contributed by atoms with van der Waals surface area (Å²) in [5, 5.41) is 6.34. The zero-order chi connectivity index (χ0) is 19.2. The molecule has 0 spiro atoms. The van der Waals surface area contributed by atoms with E-state index in [0.29, 0.717) is 12.2 Å². The Morgan fingerprint density at radius 1 is 1.19 bits per heavy atom. The van der Waals surface area contributed by atoms with Crippen molar-refractivity contribution in [1.82, 2.24) is 5.32 Å². The van der Waals surface area contributed by atoms with Crippen molar-refractivity contribution in [3.05, 3.63) is 59.2 Å². The Balaban J connectivity index is 1.59. The lowest BCUT2D eigenvalue weighted by Gasteiger charge is -2.22. The number of carbonyl (C=O) groups excluding carboxylic acids is 2. The average molecular weight is 366 g/mol. The number of benzene rings is 2. The molecule has 3 rings (SSSR count). The number of fused-ring (bicyclic) bond motifs is 1. The average Bonchev–Trinajstić information content (AvgIpc) is 2.67. The van der Waals surface area contributed by atoms with E-state index in [4.69, 9.17) is 4.74 Å². The van der Waals surface area contributed by atoms with Gasteiger partial charge in [-0.3, -0.25) is 4.79 Å². The van der Waals surface area contributed by atoms with Crippen LogP contribution in [0.15, 0.2) is 42.5 Å². The number of ether oxygens (including phenoxy) is 1. The quantitative estimate of drug-likeness (QED) is 0.789. The fraction of sp³-hybridized carbons (Fsp3) is 0.364. The van der Waals surface area contributed by atoms with E-state index >= 15 is 0 Å². The maximum Gasteiger partial charge on any atom is 0.265 e. The fourth-order valence-electron chi connectivity index (χ4n) is 3.18. The van der Waals surface area contributed by atoms with Crippen LogP contribution in [0.3, 0.4) is 0 Å². The van der Waals surface area contributed by atoms with Crippen molar-refractivity contribution in [2.24, 2.45) is 0 Å². The summed E-state index contributed by atoms with van der Waals surface area (Å²) in [6.45, 7) is 5.07. The highest BCUT2D eigenvalue weighted by atomic mass is 16.5. The molecule has 1 aliphatic heterocycles. The maximum atomic E-state index is 12.6. The molecule has 0 saturated heterocycles. The van der Waals surface area contributed by atoms with Gasteiger partial charge in [-0.15, -0.1) is 0 Å². The highest BCUT2D eigenvalue weighted by Crippen LogP contribution is 2.23. The third kappa shape index (κ3) is 5.17. The second-order valence-corrected chi connectivity index (χ2v) is 6.97. The second-order valence-electron chi connectivity index (χ2n) is 6.97. The number of anilines is 1. The fourth-order valence-corrected chi connectivity index (χ4v) is 3.18. The Labute approximate surface area is 160 Å². The molecule has 5 heteroatoms. The van der Waals surface area contributed by atoms with Crippen molar-refractivity contribution in [1.29, 1.82) is 0 Å².